The molecule has 2 heterocycles. The first-order valence-electron chi connectivity index (χ1n) is 21.1. The summed E-state index contributed by atoms with van der Waals surface area (Å²) < 4.78 is 11.3. The average Bonchev–Trinajstić information content (AvgIpc) is 3.63. The van der Waals surface area contributed by atoms with Crippen LogP contribution in [0.4, 0.5) is 11.4 Å². The number of likely N-dealkylation sites (N-methyl/N-ethyl adjacent to an activating group) is 1. The molecule has 1 aliphatic rings. The lowest BCUT2D eigenvalue weighted by molar-refractivity contribution is -0.137. The van der Waals surface area contributed by atoms with E-state index in [1.807, 2.05) is 67.7 Å². The molecule has 5 aromatic rings. The number of aromatic nitrogens is 1. The third kappa shape index (κ3) is 14.1. The average molecular weight is 870 g/mol. The highest BCUT2D eigenvalue weighted by Gasteiger charge is 2.30. The summed E-state index contributed by atoms with van der Waals surface area (Å²) in [6.45, 7) is 5.92. The predicted octanol–water partition coefficient (Wildman–Crippen LogP) is 5.02. The summed E-state index contributed by atoms with van der Waals surface area (Å²) in [6.07, 6.45) is 1.97. The zero-order chi connectivity index (χ0) is 45.7. The van der Waals surface area contributed by atoms with Crippen molar-refractivity contribution in [2.45, 2.75) is 45.3 Å². The van der Waals surface area contributed by atoms with Crippen molar-refractivity contribution in [1.29, 1.82) is 0 Å². The molecule has 1 unspecified atom stereocenters. The van der Waals surface area contributed by atoms with Crippen molar-refractivity contribution in [2.75, 3.05) is 58.9 Å². The van der Waals surface area contributed by atoms with E-state index in [1.54, 1.807) is 42.3 Å². The molecule has 1 atom stereocenters. The highest BCUT2D eigenvalue weighted by molar-refractivity contribution is 6.22. The fourth-order valence-electron chi connectivity index (χ4n) is 6.84. The van der Waals surface area contributed by atoms with E-state index in [0.29, 0.717) is 96.8 Å². The highest BCUT2D eigenvalue weighted by atomic mass is 16.5. The SMILES string of the molecule is CCNC.CN(Cc1c(C=O)cccc1NC(=O)CCOCCOCCNCc1ccc(N=C(c2ccccc2)c2c(O)[nH]c3cc(C#CC=O)ccc23)cc1)C1CCC(=O)NC1=O. The third-order valence-electron chi connectivity index (χ3n) is 10.2. The number of amides is 3. The molecule has 3 amide bonds. The lowest BCUT2D eigenvalue weighted by Crippen LogP contribution is -2.51. The fraction of sp³-hybridized carbons (Fsp3) is 0.306. The molecule has 15 nitrogen and oxygen atoms in total. The van der Waals surface area contributed by atoms with Gasteiger partial charge in [-0.15, -0.1) is 0 Å². The number of nitrogens with one attached hydrogen (secondary N) is 5. The number of anilines is 1. The number of hydrogen-bond donors (Lipinski definition) is 6. The minimum atomic E-state index is -0.526. The molecular weight excluding hydrogens is 815 g/mol. The first kappa shape index (κ1) is 48.2. The second-order valence-corrected chi connectivity index (χ2v) is 14.8. The number of aromatic hydroxyl groups is 1. The Labute approximate surface area is 373 Å². The summed E-state index contributed by atoms with van der Waals surface area (Å²) in [6, 6.07) is 27.4. The smallest absolute Gasteiger partial charge is 0.243 e. The van der Waals surface area contributed by atoms with E-state index >= 15 is 0 Å². The van der Waals surface area contributed by atoms with E-state index in [9.17, 15) is 29.1 Å². The molecule has 1 aliphatic heterocycles. The number of aromatic amines is 1. The van der Waals surface area contributed by atoms with Crippen molar-refractivity contribution < 1.29 is 38.6 Å². The summed E-state index contributed by atoms with van der Waals surface area (Å²) >= 11 is 0. The van der Waals surface area contributed by atoms with Crippen LogP contribution in [-0.2, 0) is 41.7 Å². The maximum Gasteiger partial charge on any atom is 0.243 e. The van der Waals surface area contributed by atoms with Crippen LogP contribution in [0.25, 0.3) is 10.9 Å². The Bertz CT molecular complexity index is 2450. The molecule has 334 valence electrons. The predicted molar refractivity (Wildman–Crippen MR) is 247 cm³/mol. The summed E-state index contributed by atoms with van der Waals surface area (Å²) in [7, 11) is 3.67. The van der Waals surface area contributed by atoms with Crippen LogP contribution in [0, 0.1) is 11.8 Å². The van der Waals surface area contributed by atoms with Gasteiger partial charge in [0.25, 0.3) is 0 Å². The second-order valence-electron chi connectivity index (χ2n) is 14.8. The lowest BCUT2D eigenvalue weighted by Gasteiger charge is -2.30. The van der Waals surface area contributed by atoms with Gasteiger partial charge in [0.05, 0.1) is 61.4 Å². The molecule has 0 spiro atoms. The number of aldehydes is 2. The third-order valence-corrected chi connectivity index (χ3v) is 10.2. The van der Waals surface area contributed by atoms with Gasteiger partial charge in [-0.05, 0) is 68.9 Å². The minimum absolute atomic E-state index is 0.0187. The van der Waals surface area contributed by atoms with Gasteiger partial charge < -0.3 is 35.5 Å². The van der Waals surface area contributed by atoms with Crippen molar-refractivity contribution in [2.24, 2.45) is 4.99 Å². The number of imide groups is 1. The molecule has 1 saturated heterocycles. The molecule has 1 aromatic heterocycles. The van der Waals surface area contributed by atoms with Crippen molar-refractivity contribution in [1.82, 2.24) is 25.8 Å². The normalized spacial score (nSPS) is 13.7. The molecule has 0 bridgehead atoms. The maximum atomic E-state index is 12.8. The Morgan fingerprint density at radius 2 is 1.72 bits per heavy atom. The molecule has 0 saturated carbocycles. The number of fused-ring (bicyclic) bond motifs is 1. The van der Waals surface area contributed by atoms with Gasteiger partial charge in [0.2, 0.25) is 17.7 Å². The minimum Gasteiger partial charge on any atom is -0.494 e. The van der Waals surface area contributed by atoms with Crippen molar-refractivity contribution in [3.8, 4) is 17.7 Å². The Hall–Kier alpha value is -6.80. The highest BCUT2D eigenvalue weighted by Crippen LogP contribution is 2.32. The van der Waals surface area contributed by atoms with E-state index in [0.717, 1.165) is 23.1 Å². The van der Waals surface area contributed by atoms with Crippen LogP contribution < -0.4 is 21.3 Å². The summed E-state index contributed by atoms with van der Waals surface area (Å²) in [5.41, 5.74) is 6.55. The van der Waals surface area contributed by atoms with Crippen LogP contribution in [0.2, 0.25) is 0 Å². The van der Waals surface area contributed by atoms with Gasteiger partial charge in [-0.2, -0.15) is 0 Å². The van der Waals surface area contributed by atoms with Gasteiger partial charge in [0, 0.05) is 59.4 Å². The molecule has 15 heteroatoms. The van der Waals surface area contributed by atoms with E-state index in [2.05, 4.69) is 45.0 Å². The van der Waals surface area contributed by atoms with Gasteiger partial charge in [-0.1, -0.05) is 73.5 Å². The van der Waals surface area contributed by atoms with Crippen LogP contribution in [-0.4, -0.2) is 111 Å². The first-order valence-corrected chi connectivity index (χ1v) is 21.1. The number of piperidine rings is 1. The van der Waals surface area contributed by atoms with Crippen molar-refractivity contribution in [3.63, 3.8) is 0 Å². The molecule has 64 heavy (non-hydrogen) atoms. The Morgan fingerprint density at radius 1 is 0.969 bits per heavy atom. The van der Waals surface area contributed by atoms with E-state index < -0.39 is 6.04 Å². The maximum absolute atomic E-state index is 12.8. The zero-order valence-electron chi connectivity index (χ0n) is 36.4. The fourth-order valence-corrected chi connectivity index (χ4v) is 6.84. The molecular formula is C49H55N7O8. The Morgan fingerprint density at radius 3 is 2.42 bits per heavy atom. The number of rotatable bonds is 20. The van der Waals surface area contributed by atoms with E-state index in [4.69, 9.17) is 14.5 Å². The number of H-pyrrole nitrogens is 1. The summed E-state index contributed by atoms with van der Waals surface area (Å²) in [4.78, 5) is 69.0. The molecule has 4 aromatic carbocycles. The molecule has 0 radical (unpaired) electrons. The molecule has 6 N–H and O–H groups in total. The van der Waals surface area contributed by atoms with Crippen LogP contribution in [0.1, 0.15) is 64.4 Å². The van der Waals surface area contributed by atoms with Crippen LogP contribution in [0.3, 0.4) is 0 Å². The standard InChI is InChI=1S/C46H46N6O8.C3H9N/c1-52(40-18-19-41(55)51-45(40)57)29-37-34(30-54)10-5-11-38(37)49-42(56)20-23-59-25-26-60-24-21-47-28-32-12-15-35(16-13-32)48-44(33-8-3-2-4-9-33)43-36-17-14-31(7-6-22-53)27-39(36)50-46(43)58;1-3-4-2/h2-5,8-17,22,27,30,40,47,50,58H,18-21,23-26,28-29H2,1H3,(H,49,56)(H,51,55,57);4H,3H2,1-2H3. The van der Waals surface area contributed by atoms with Crippen molar-refractivity contribution in [3.05, 3.63) is 124 Å². The Balaban J connectivity index is 0.00000185. The number of hydrogen-bond acceptors (Lipinski definition) is 12. The number of carbonyl (C=O) groups is 5. The summed E-state index contributed by atoms with van der Waals surface area (Å²) in [5.74, 6) is 4.21. The Kier molecular flexibility index (Phi) is 19.1. The monoisotopic (exact) mass is 869 g/mol. The number of carbonyl (C=O) groups excluding carboxylic acids is 5. The summed E-state index contributed by atoms with van der Waals surface area (Å²) in [5, 5.41) is 23.3. The van der Waals surface area contributed by atoms with Crippen molar-refractivity contribution >= 4 is 58.3 Å². The van der Waals surface area contributed by atoms with E-state index in [1.165, 1.54) is 0 Å². The topological polar surface area (TPSA) is 204 Å². The largest absolute Gasteiger partial charge is 0.494 e. The number of aliphatic imine (C=N–C) groups is 1. The number of nitrogens with zero attached hydrogens (tertiary/aromatic N) is 2. The van der Waals surface area contributed by atoms with Crippen LogP contribution in [0.5, 0.6) is 5.88 Å². The second kappa shape index (κ2) is 25.3. The van der Waals surface area contributed by atoms with Gasteiger partial charge in [-0.3, -0.25) is 34.2 Å². The molecule has 6 rings (SSSR count). The van der Waals surface area contributed by atoms with Gasteiger partial charge in [0.1, 0.15) is 6.29 Å². The lowest BCUT2D eigenvalue weighted by atomic mass is 10.00. The molecule has 1 fully saturated rings. The van der Waals surface area contributed by atoms with Gasteiger partial charge in [-0.25, -0.2) is 4.99 Å². The molecule has 0 aliphatic carbocycles. The number of ether oxygens (including phenoxy) is 2. The first-order chi connectivity index (χ1) is 31.1. The zero-order valence-corrected chi connectivity index (χ0v) is 36.4. The quantitative estimate of drug-likeness (QED) is 0.0202. The number of benzene rings is 4. The van der Waals surface area contributed by atoms with Crippen LogP contribution >= 0.6 is 0 Å². The van der Waals surface area contributed by atoms with Gasteiger partial charge in [0.15, 0.2) is 12.2 Å². The van der Waals surface area contributed by atoms with Gasteiger partial charge >= 0.3 is 0 Å². The van der Waals surface area contributed by atoms with Crippen LogP contribution in [0.15, 0.2) is 96.0 Å². The van der Waals surface area contributed by atoms with E-state index in [-0.39, 0.29) is 49.6 Å².